The number of nitrogens with zero attached hydrogens (tertiary/aromatic N) is 3. The van der Waals surface area contributed by atoms with Crippen LogP contribution >= 0.6 is 0 Å². The molecule has 3 aromatic rings. The van der Waals surface area contributed by atoms with E-state index in [1.807, 2.05) is 0 Å². The average molecular weight is 463 g/mol. The highest BCUT2D eigenvalue weighted by molar-refractivity contribution is 6.23. The molecule has 0 N–H and O–H groups in total. The van der Waals surface area contributed by atoms with Crippen molar-refractivity contribution in [2.45, 2.75) is 12.1 Å². The second-order valence-corrected chi connectivity index (χ2v) is 7.86. The van der Waals surface area contributed by atoms with Gasteiger partial charge in [0.2, 0.25) is 5.91 Å². The summed E-state index contributed by atoms with van der Waals surface area (Å²) in [4.78, 5) is 44.6. The number of rotatable bonds is 5. The van der Waals surface area contributed by atoms with Crippen LogP contribution in [0.15, 0.2) is 72.8 Å². The van der Waals surface area contributed by atoms with E-state index in [4.69, 9.17) is 9.57 Å². The standard InChI is InChI=1S/C24H18FN3O6/c1-33-19-7-2-4-14(12-19)21-20-22(34-27(21)17-5-3-6-18(13-17)28(31)32)24(30)26(23(20)29)16-10-8-15(25)9-11-16/h2-13,20-22H,1H3. The fourth-order valence-corrected chi connectivity index (χ4v) is 4.39. The number of ether oxygens (including phenoxy) is 1. The van der Waals surface area contributed by atoms with Crippen LogP contribution in [0.4, 0.5) is 21.5 Å². The Bertz CT molecular complexity index is 1300. The summed E-state index contributed by atoms with van der Waals surface area (Å²) in [5, 5.41) is 12.7. The third kappa shape index (κ3) is 3.44. The van der Waals surface area contributed by atoms with E-state index in [-0.39, 0.29) is 11.4 Å². The number of carbonyl (C=O) groups is 2. The molecule has 3 aromatic carbocycles. The number of benzene rings is 3. The van der Waals surface area contributed by atoms with Gasteiger partial charge in [-0.3, -0.25) is 24.5 Å². The van der Waals surface area contributed by atoms with Gasteiger partial charge < -0.3 is 4.74 Å². The van der Waals surface area contributed by atoms with E-state index in [1.165, 1.54) is 54.6 Å². The summed E-state index contributed by atoms with van der Waals surface area (Å²) in [6.07, 6.45) is -1.16. The number of non-ortho nitro benzene ring substituents is 1. The lowest BCUT2D eigenvalue weighted by molar-refractivity contribution is -0.384. The molecule has 0 spiro atoms. The summed E-state index contributed by atoms with van der Waals surface area (Å²) in [5.74, 6) is -2.01. The molecule has 2 aliphatic heterocycles. The molecule has 0 bridgehead atoms. The van der Waals surface area contributed by atoms with Gasteiger partial charge in [0, 0.05) is 12.1 Å². The largest absolute Gasteiger partial charge is 0.497 e. The van der Waals surface area contributed by atoms with E-state index in [0.717, 1.165) is 4.90 Å². The van der Waals surface area contributed by atoms with Crippen LogP contribution in [-0.4, -0.2) is 30.0 Å². The summed E-state index contributed by atoms with van der Waals surface area (Å²) in [6, 6.07) is 17.0. The molecular formula is C24H18FN3O6. The maximum atomic E-state index is 13.5. The normalized spacial score (nSPS) is 21.6. The van der Waals surface area contributed by atoms with Gasteiger partial charge in [-0.1, -0.05) is 18.2 Å². The van der Waals surface area contributed by atoms with Gasteiger partial charge in [-0.25, -0.2) is 14.4 Å². The lowest BCUT2D eigenvalue weighted by atomic mass is 9.90. The molecule has 10 heteroatoms. The number of amides is 2. The number of halogens is 1. The molecule has 172 valence electrons. The van der Waals surface area contributed by atoms with E-state index in [0.29, 0.717) is 17.0 Å². The first-order valence-electron chi connectivity index (χ1n) is 10.4. The maximum Gasteiger partial charge on any atom is 0.271 e. The van der Waals surface area contributed by atoms with Crippen LogP contribution in [0.25, 0.3) is 0 Å². The summed E-state index contributed by atoms with van der Waals surface area (Å²) >= 11 is 0. The van der Waals surface area contributed by atoms with Crippen LogP contribution in [0.1, 0.15) is 11.6 Å². The van der Waals surface area contributed by atoms with Crippen LogP contribution in [0.2, 0.25) is 0 Å². The molecule has 0 saturated carbocycles. The zero-order valence-electron chi connectivity index (χ0n) is 17.8. The van der Waals surface area contributed by atoms with Gasteiger partial charge >= 0.3 is 0 Å². The number of hydrogen-bond acceptors (Lipinski definition) is 7. The van der Waals surface area contributed by atoms with Gasteiger partial charge in [-0.05, 0) is 48.0 Å². The Labute approximate surface area is 193 Å². The van der Waals surface area contributed by atoms with E-state index < -0.39 is 40.6 Å². The first-order chi connectivity index (χ1) is 16.4. The molecule has 5 rings (SSSR count). The Morgan fingerprint density at radius 1 is 0.971 bits per heavy atom. The Morgan fingerprint density at radius 2 is 1.71 bits per heavy atom. The van der Waals surface area contributed by atoms with Gasteiger partial charge in [-0.2, -0.15) is 0 Å². The monoisotopic (exact) mass is 463 g/mol. The highest BCUT2D eigenvalue weighted by Gasteiger charge is 2.60. The summed E-state index contributed by atoms with van der Waals surface area (Å²) in [7, 11) is 1.51. The highest BCUT2D eigenvalue weighted by Crippen LogP contribution is 2.48. The van der Waals surface area contributed by atoms with E-state index in [9.17, 15) is 24.1 Å². The molecular weight excluding hydrogens is 445 g/mol. The predicted molar refractivity (Wildman–Crippen MR) is 119 cm³/mol. The molecule has 2 fully saturated rings. The fourth-order valence-electron chi connectivity index (χ4n) is 4.39. The van der Waals surface area contributed by atoms with Crippen molar-refractivity contribution in [2.24, 2.45) is 5.92 Å². The first-order valence-corrected chi connectivity index (χ1v) is 10.4. The lowest BCUT2D eigenvalue weighted by Gasteiger charge is -2.28. The van der Waals surface area contributed by atoms with Gasteiger partial charge in [0.25, 0.3) is 11.6 Å². The number of nitro groups is 1. The lowest BCUT2D eigenvalue weighted by Crippen LogP contribution is -2.37. The van der Waals surface area contributed by atoms with Crippen molar-refractivity contribution in [2.75, 3.05) is 17.1 Å². The van der Waals surface area contributed by atoms with Crippen LogP contribution in [0.5, 0.6) is 5.75 Å². The van der Waals surface area contributed by atoms with Crippen molar-refractivity contribution in [3.05, 3.63) is 94.3 Å². The highest BCUT2D eigenvalue weighted by atomic mass is 19.1. The number of hydrogen-bond donors (Lipinski definition) is 0. The molecule has 2 aliphatic rings. The summed E-state index contributed by atoms with van der Waals surface area (Å²) < 4.78 is 18.7. The number of carbonyl (C=O) groups excluding carboxylic acids is 2. The minimum Gasteiger partial charge on any atom is -0.497 e. The number of nitro benzene ring substituents is 1. The molecule has 3 atom stereocenters. The predicted octanol–water partition coefficient (Wildman–Crippen LogP) is 3.79. The van der Waals surface area contributed by atoms with Crippen LogP contribution < -0.4 is 14.7 Å². The molecule has 3 unspecified atom stereocenters. The average Bonchev–Trinajstić information content (AvgIpc) is 3.36. The first kappa shape index (κ1) is 21.5. The number of fused-ring (bicyclic) bond motifs is 1. The van der Waals surface area contributed by atoms with Crippen molar-refractivity contribution < 1.29 is 28.5 Å². The van der Waals surface area contributed by atoms with Gasteiger partial charge in [-0.15, -0.1) is 0 Å². The van der Waals surface area contributed by atoms with Gasteiger partial charge in [0.05, 0.1) is 29.4 Å². The van der Waals surface area contributed by atoms with Crippen LogP contribution in [-0.2, 0) is 14.4 Å². The topological polar surface area (TPSA) is 102 Å². The quantitative estimate of drug-likeness (QED) is 0.322. The molecule has 34 heavy (non-hydrogen) atoms. The zero-order chi connectivity index (χ0) is 24.0. The van der Waals surface area contributed by atoms with E-state index in [2.05, 4.69) is 0 Å². The molecule has 2 amide bonds. The fraction of sp³-hybridized carbons (Fsp3) is 0.167. The minimum absolute atomic E-state index is 0.159. The molecule has 0 aliphatic carbocycles. The third-order valence-electron chi connectivity index (χ3n) is 5.93. The van der Waals surface area contributed by atoms with Gasteiger partial charge in [0.1, 0.15) is 17.5 Å². The SMILES string of the molecule is COc1cccc(C2C3C(=O)N(c4ccc(F)cc4)C(=O)C3ON2c2cccc([N+](=O)[O-])c2)c1. The van der Waals surface area contributed by atoms with Crippen molar-refractivity contribution in [3.8, 4) is 5.75 Å². The minimum atomic E-state index is -1.16. The number of methoxy groups -OCH3 is 1. The second-order valence-electron chi connectivity index (χ2n) is 7.86. The smallest absolute Gasteiger partial charge is 0.271 e. The van der Waals surface area contributed by atoms with E-state index >= 15 is 0 Å². The second kappa shape index (κ2) is 8.23. The Balaban J connectivity index is 1.60. The van der Waals surface area contributed by atoms with Crippen molar-refractivity contribution in [3.63, 3.8) is 0 Å². The van der Waals surface area contributed by atoms with E-state index in [1.54, 1.807) is 30.3 Å². The third-order valence-corrected chi connectivity index (χ3v) is 5.93. The summed E-state index contributed by atoms with van der Waals surface area (Å²) in [6.45, 7) is 0. The van der Waals surface area contributed by atoms with Crippen LogP contribution in [0.3, 0.4) is 0 Å². The van der Waals surface area contributed by atoms with Crippen molar-refractivity contribution in [1.29, 1.82) is 0 Å². The van der Waals surface area contributed by atoms with Crippen LogP contribution in [0, 0.1) is 21.8 Å². The van der Waals surface area contributed by atoms with Crippen molar-refractivity contribution in [1.82, 2.24) is 0 Å². The Kier molecular flexibility index (Phi) is 5.21. The number of imide groups is 1. The van der Waals surface area contributed by atoms with Gasteiger partial charge in [0.15, 0.2) is 6.10 Å². The number of hydroxylamine groups is 1. The summed E-state index contributed by atoms with van der Waals surface area (Å²) in [5.41, 5.74) is 1.03. The molecule has 0 aromatic heterocycles. The molecule has 9 nitrogen and oxygen atoms in total. The molecule has 0 radical (unpaired) electrons. The maximum absolute atomic E-state index is 13.5. The van der Waals surface area contributed by atoms with Crippen molar-refractivity contribution >= 4 is 28.9 Å². The Morgan fingerprint density at radius 3 is 2.41 bits per heavy atom. The number of anilines is 2. The zero-order valence-corrected chi connectivity index (χ0v) is 17.8. The molecule has 2 heterocycles. The molecule has 2 saturated heterocycles. The Hall–Kier alpha value is -4.31.